The average Bonchev–Trinajstić information content (AvgIpc) is 2.14. The smallest absolute Gasteiger partial charge is 0.239 e. The molecule has 0 radical (unpaired) electrons. The molecule has 1 aliphatic rings. The molecule has 1 heterocycles. The van der Waals surface area contributed by atoms with Gasteiger partial charge in [0.15, 0.2) is 0 Å². The summed E-state index contributed by atoms with van der Waals surface area (Å²) in [5, 5.41) is 11.6. The highest BCUT2D eigenvalue weighted by atomic mass is 16.3. The molecule has 1 atom stereocenters. The molecule has 0 unspecified atom stereocenters. The van der Waals surface area contributed by atoms with Crippen LogP contribution in [0.4, 0.5) is 0 Å². The Morgan fingerprint density at radius 3 is 2.67 bits per heavy atom. The lowest BCUT2D eigenvalue weighted by molar-refractivity contribution is -0.146. The first kappa shape index (κ1) is 12.0. The molecule has 5 heteroatoms. The van der Waals surface area contributed by atoms with E-state index in [1.807, 2.05) is 20.8 Å². The molecule has 15 heavy (non-hydrogen) atoms. The fraction of sp³-hybridized carbons (Fsp3) is 0.800. The summed E-state index contributed by atoms with van der Waals surface area (Å²) in [5.74, 6) is -0.270. The summed E-state index contributed by atoms with van der Waals surface area (Å²) in [6, 6.07) is -0.336. The van der Waals surface area contributed by atoms with Crippen LogP contribution in [0.1, 0.15) is 20.8 Å². The van der Waals surface area contributed by atoms with Gasteiger partial charge in [0.2, 0.25) is 11.8 Å². The summed E-state index contributed by atoms with van der Waals surface area (Å²) in [7, 11) is 0. The van der Waals surface area contributed by atoms with Crippen LogP contribution in [0.3, 0.4) is 0 Å². The number of hydrogen-bond donors (Lipinski definition) is 2. The molecule has 2 amide bonds. The first-order valence-corrected chi connectivity index (χ1v) is 5.04. The third kappa shape index (κ3) is 2.92. The lowest BCUT2D eigenvalue weighted by atomic mass is 9.94. The van der Waals surface area contributed by atoms with Crippen molar-refractivity contribution in [2.45, 2.75) is 26.8 Å². The van der Waals surface area contributed by atoms with Crippen molar-refractivity contribution >= 4 is 11.8 Å². The topological polar surface area (TPSA) is 69.6 Å². The maximum absolute atomic E-state index is 11.9. The zero-order valence-electron chi connectivity index (χ0n) is 9.41. The summed E-state index contributed by atoms with van der Waals surface area (Å²) in [6.45, 7) is 5.78. The minimum Gasteiger partial charge on any atom is -0.394 e. The van der Waals surface area contributed by atoms with Crippen LogP contribution >= 0.6 is 0 Å². The van der Waals surface area contributed by atoms with Crippen LogP contribution in [-0.4, -0.2) is 47.6 Å². The SMILES string of the molecule is CC(C)(C)C(=O)N1CC(=O)N[C@H](CO)C1. The van der Waals surface area contributed by atoms with Crippen LogP contribution < -0.4 is 5.32 Å². The summed E-state index contributed by atoms with van der Waals surface area (Å²) >= 11 is 0. The minimum atomic E-state index is -0.488. The average molecular weight is 214 g/mol. The Hall–Kier alpha value is -1.10. The molecule has 1 rings (SSSR count). The molecule has 0 bridgehead atoms. The van der Waals surface area contributed by atoms with Crippen LogP contribution in [0.2, 0.25) is 0 Å². The van der Waals surface area contributed by atoms with Gasteiger partial charge in [0.1, 0.15) is 0 Å². The van der Waals surface area contributed by atoms with E-state index >= 15 is 0 Å². The maximum Gasteiger partial charge on any atom is 0.239 e. The third-order valence-corrected chi connectivity index (χ3v) is 2.29. The molecule has 0 aliphatic carbocycles. The van der Waals surface area contributed by atoms with Crippen LogP contribution in [0.5, 0.6) is 0 Å². The Balaban J connectivity index is 2.70. The quantitative estimate of drug-likeness (QED) is 0.609. The number of aliphatic hydroxyl groups excluding tert-OH is 1. The molecule has 0 aromatic carbocycles. The molecule has 1 saturated heterocycles. The highest BCUT2D eigenvalue weighted by Crippen LogP contribution is 2.18. The Bertz CT molecular complexity index is 270. The molecule has 5 nitrogen and oxygen atoms in total. The van der Waals surface area contributed by atoms with Crippen molar-refractivity contribution < 1.29 is 14.7 Å². The van der Waals surface area contributed by atoms with Crippen molar-refractivity contribution in [2.24, 2.45) is 5.41 Å². The number of nitrogens with one attached hydrogen (secondary N) is 1. The second-order valence-electron chi connectivity index (χ2n) is 4.88. The van der Waals surface area contributed by atoms with E-state index in [-0.39, 0.29) is 31.0 Å². The molecule has 0 aromatic heterocycles. The monoisotopic (exact) mass is 214 g/mol. The molecule has 1 aliphatic heterocycles. The number of carbonyl (C=O) groups is 2. The first-order valence-electron chi connectivity index (χ1n) is 5.04. The van der Waals surface area contributed by atoms with E-state index in [1.165, 1.54) is 4.90 Å². The fourth-order valence-electron chi connectivity index (χ4n) is 1.56. The predicted octanol–water partition coefficient (Wildman–Crippen LogP) is -0.648. The van der Waals surface area contributed by atoms with E-state index in [2.05, 4.69) is 5.32 Å². The highest BCUT2D eigenvalue weighted by molar-refractivity contribution is 5.88. The van der Waals surface area contributed by atoms with Crippen LogP contribution in [0, 0.1) is 5.41 Å². The number of piperazine rings is 1. The summed E-state index contributed by atoms with van der Waals surface area (Å²) in [6.07, 6.45) is 0. The van der Waals surface area contributed by atoms with Crippen molar-refractivity contribution in [3.63, 3.8) is 0 Å². The Kier molecular flexibility index (Phi) is 3.34. The van der Waals surface area contributed by atoms with E-state index in [0.717, 1.165) is 0 Å². The second-order valence-corrected chi connectivity index (χ2v) is 4.88. The van der Waals surface area contributed by atoms with Gasteiger partial charge >= 0.3 is 0 Å². The van der Waals surface area contributed by atoms with Crippen molar-refractivity contribution in [2.75, 3.05) is 19.7 Å². The van der Waals surface area contributed by atoms with Crippen molar-refractivity contribution in [3.05, 3.63) is 0 Å². The lowest BCUT2D eigenvalue weighted by Gasteiger charge is -2.35. The molecule has 0 saturated carbocycles. The zero-order valence-corrected chi connectivity index (χ0v) is 9.41. The zero-order chi connectivity index (χ0) is 11.6. The molecule has 0 aromatic rings. The van der Waals surface area contributed by atoms with E-state index < -0.39 is 5.41 Å². The second kappa shape index (κ2) is 4.18. The maximum atomic E-state index is 11.9. The van der Waals surface area contributed by atoms with Gasteiger partial charge in [-0.25, -0.2) is 0 Å². The number of carbonyl (C=O) groups excluding carboxylic acids is 2. The third-order valence-electron chi connectivity index (χ3n) is 2.29. The van der Waals surface area contributed by atoms with Gasteiger partial charge in [-0.1, -0.05) is 20.8 Å². The summed E-state index contributed by atoms with van der Waals surface area (Å²) in [5.41, 5.74) is -0.488. The summed E-state index contributed by atoms with van der Waals surface area (Å²) < 4.78 is 0. The molecule has 1 fully saturated rings. The molecular formula is C10H18N2O3. The number of aliphatic hydroxyl groups is 1. The van der Waals surface area contributed by atoms with E-state index in [4.69, 9.17) is 5.11 Å². The number of nitrogens with zero attached hydrogens (tertiary/aromatic N) is 1. The van der Waals surface area contributed by atoms with Crippen LogP contribution in [0.25, 0.3) is 0 Å². The van der Waals surface area contributed by atoms with Gasteiger partial charge in [-0.2, -0.15) is 0 Å². The first-order chi connectivity index (χ1) is 6.84. The number of hydrogen-bond acceptors (Lipinski definition) is 3. The van der Waals surface area contributed by atoms with E-state index in [9.17, 15) is 9.59 Å². The largest absolute Gasteiger partial charge is 0.394 e. The van der Waals surface area contributed by atoms with Gasteiger partial charge < -0.3 is 15.3 Å². The van der Waals surface area contributed by atoms with Crippen molar-refractivity contribution in [1.82, 2.24) is 10.2 Å². The summed E-state index contributed by atoms with van der Waals surface area (Å²) in [4.78, 5) is 24.6. The number of rotatable bonds is 1. The fourth-order valence-corrected chi connectivity index (χ4v) is 1.56. The Morgan fingerprint density at radius 2 is 2.20 bits per heavy atom. The van der Waals surface area contributed by atoms with E-state index in [0.29, 0.717) is 6.54 Å². The Labute approximate surface area is 89.4 Å². The normalized spacial score (nSPS) is 22.5. The van der Waals surface area contributed by atoms with Gasteiger partial charge in [-0.3, -0.25) is 9.59 Å². The van der Waals surface area contributed by atoms with Crippen molar-refractivity contribution in [1.29, 1.82) is 0 Å². The van der Waals surface area contributed by atoms with Crippen LogP contribution in [-0.2, 0) is 9.59 Å². The molecule has 2 N–H and O–H groups in total. The molecular weight excluding hydrogens is 196 g/mol. The van der Waals surface area contributed by atoms with Gasteiger partial charge in [-0.15, -0.1) is 0 Å². The molecule has 86 valence electrons. The van der Waals surface area contributed by atoms with Gasteiger partial charge in [0.05, 0.1) is 19.2 Å². The standard InChI is InChI=1S/C10H18N2O3/c1-10(2,3)9(15)12-4-7(6-13)11-8(14)5-12/h7,13H,4-6H2,1-3H3,(H,11,14)/t7-/m0/s1. The van der Waals surface area contributed by atoms with E-state index in [1.54, 1.807) is 0 Å². The minimum absolute atomic E-state index is 0.0594. The highest BCUT2D eigenvalue weighted by Gasteiger charge is 2.33. The molecule has 0 spiro atoms. The van der Waals surface area contributed by atoms with Gasteiger partial charge in [0.25, 0.3) is 0 Å². The Morgan fingerprint density at radius 1 is 1.60 bits per heavy atom. The van der Waals surface area contributed by atoms with Gasteiger partial charge in [-0.05, 0) is 0 Å². The number of amides is 2. The lowest BCUT2D eigenvalue weighted by Crippen LogP contribution is -2.58. The van der Waals surface area contributed by atoms with Crippen LogP contribution in [0.15, 0.2) is 0 Å². The predicted molar refractivity (Wildman–Crippen MR) is 55.1 cm³/mol. The van der Waals surface area contributed by atoms with Gasteiger partial charge in [0, 0.05) is 12.0 Å². The van der Waals surface area contributed by atoms with Crippen molar-refractivity contribution in [3.8, 4) is 0 Å².